The van der Waals surface area contributed by atoms with E-state index in [2.05, 4.69) is 42.0 Å². The minimum atomic E-state index is -4.52. The number of likely N-dealkylation sites (tertiary alicyclic amines) is 2. The summed E-state index contributed by atoms with van der Waals surface area (Å²) >= 11 is 0. The number of halogens is 5. The number of pyridine rings is 1. The van der Waals surface area contributed by atoms with Crippen molar-refractivity contribution in [1.29, 1.82) is 0 Å². The summed E-state index contributed by atoms with van der Waals surface area (Å²) in [6.45, 7) is 8.59. The lowest BCUT2D eigenvalue weighted by atomic mass is 9.73. The SMILES string of the molecule is CCN1CC2(C1)CN(Cc1ccc(Nc3ncc(F)c(-c4cc(F)c5nc6n(c5c4)C(C(F)(F)F)CC6)n3)nc1)C2. The highest BCUT2D eigenvalue weighted by molar-refractivity contribution is 5.83. The van der Waals surface area contributed by atoms with Gasteiger partial charge in [-0.2, -0.15) is 13.2 Å². The fourth-order valence-electron chi connectivity index (χ4n) is 6.50. The van der Waals surface area contributed by atoms with Crippen LogP contribution in [0.1, 0.15) is 30.8 Å². The van der Waals surface area contributed by atoms with Gasteiger partial charge in [-0.3, -0.25) is 4.90 Å². The summed E-state index contributed by atoms with van der Waals surface area (Å²) in [6.07, 6.45) is -1.93. The molecule has 1 unspecified atom stereocenters. The quantitative estimate of drug-likeness (QED) is 0.324. The van der Waals surface area contributed by atoms with Crippen LogP contribution < -0.4 is 5.32 Å². The van der Waals surface area contributed by atoms with Crippen molar-refractivity contribution < 1.29 is 22.0 Å². The summed E-state index contributed by atoms with van der Waals surface area (Å²) < 4.78 is 71.7. The lowest BCUT2D eigenvalue weighted by molar-refractivity contribution is -0.164. The highest BCUT2D eigenvalue weighted by atomic mass is 19.4. The lowest BCUT2D eigenvalue weighted by Crippen LogP contribution is -2.71. The molecule has 4 aromatic rings. The number of alkyl halides is 3. The van der Waals surface area contributed by atoms with Gasteiger partial charge in [-0.05, 0) is 36.7 Å². The molecule has 0 aliphatic carbocycles. The van der Waals surface area contributed by atoms with Crippen LogP contribution >= 0.6 is 0 Å². The average Bonchev–Trinajstić information content (AvgIpc) is 3.47. The summed E-state index contributed by atoms with van der Waals surface area (Å²) in [4.78, 5) is 21.5. The first kappa shape index (κ1) is 26.2. The number of hydrogen-bond donors (Lipinski definition) is 1. The van der Waals surface area contributed by atoms with E-state index in [9.17, 15) is 22.0 Å². The Morgan fingerprint density at radius 1 is 0.976 bits per heavy atom. The summed E-state index contributed by atoms with van der Waals surface area (Å²) in [6, 6.07) is 4.23. The minimum absolute atomic E-state index is 0.0161. The molecule has 0 bridgehead atoms. The molecule has 3 aromatic heterocycles. The standard InChI is InChI=1S/C28H27F5N8/c1-2-39-12-27(13-39)14-40(15-27)11-16-3-5-22(34-9-16)36-26-35-10-19(30)24(38-26)17-7-18(29)25-20(8-17)41-21(28(31,32)33)4-6-23(41)37-25/h3,5,7-10,21H,2,4,6,11-15H2,1H3,(H,34,35,36,38). The molecule has 13 heteroatoms. The molecule has 1 N–H and O–H groups in total. The second-order valence-electron chi connectivity index (χ2n) is 11.3. The van der Waals surface area contributed by atoms with Gasteiger partial charge in [-0.25, -0.2) is 28.7 Å². The van der Waals surface area contributed by atoms with Crippen LogP contribution in [-0.2, 0) is 13.0 Å². The van der Waals surface area contributed by atoms with Crippen molar-refractivity contribution >= 4 is 22.8 Å². The number of aromatic nitrogens is 5. The van der Waals surface area contributed by atoms with Gasteiger partial charge in [0, 0.05) is 56.3 Å². The van der Waals surface area contributed by atoms with Crippen LogP contribution in [0.5, 0.6) is 0 Å². The average molecular weight is 571 g/mol. The molecule has 8 nitrogen and oxygen atoms in total. The molecule has 3 aliphatic heterocycles. The molecule has 6 heterocycles. The molecule has 0 radical (unpaired) electrons. The maximum Gasteiger partial charge on any atom is 0.409 e. The Morgan fingerprint density at radius 3 is 2.46 bits per heavy atom. The van der Waals surface area contributed by atoms with Gasteiger partial charge in [-0.15, -0.1) is 0 Å². The van der Waals surface area contributed by atoms with Gasteiger partial charge in [0.2, 0.25) is 5.95 Å². The Bertz CT molecular complexity index is 1620. The van der Waals surface area contributed by atoms with E-state index in [1.807, 2.05) is 6.07 Å². The molecule has 0 amide bonds. The van der Waals surface area contributed by atoms with Crippen LogP contribution in [0, 0.1) is 17.0 Å². The normalized spacial score (nSPS) is 20.3. The zero-order valence-corrected chi connectivity index (χ0v) is 22.2. The van der Waals surface area contributed by atoms with Crippen LogP contribution in [0.4, 0.5) is 33.7 Å². The number of nitrogens with zero attached hydrogens (tertiary/aromatic N) is 7. The number of benzene rings is 1. The number of hydrogen-bond acceptors (Lipinski definition) is 7. The molecule has 1 spiro atoms. The molecule has 7 rings (SSSR count). The molecule has 0 saturated carbocycles. The summed E-state index contributed by atoms with van der Waals surface area (Å²) in [7, 11) is 0. The van der Waals surface area contributed by atoms with E-state index in [0.717, 1.165) is 48.6 Å². The van der Waals surface area contributed by atoms with E-state index in [0.29, 0.717) is 11.2 Å². The molecule has 2 fully saturated rings. The number of aryl methyl sites for hydroxylation is 1. The Balaban J connectivity index is 1.09. The van der Waals surface area contributed by atoms with Crippen molar-refractivity contribution in [1.82, 2.24) is 34.3 Å². The van der Waals surface area contributed by atoms with E-state index < -0.39 is 23.9 Å². The molecule has 1 atom stereocenters. The topological polar surface area (TPSA) is 75.0 Å². The highest BCUT2D eigenvalue weighted by Crippen LogP contribution is 2.43. The van der Waals surface area contributed by atoms with Gasteiger partial charge in [-0.1, -0.05) is 13.0 Å². The molecule has 2 saturated heterocycles. The van der Waals surface area contributed by atoms with Gasteiger partial charge in [0.15, 0.2) is 11.6 Å². The molecule has 3 aliphatic rings. The van der Waals surface area contributed by atoms with Gasteiger partial charge in [0.1, 0.15) is 28.9 Å². The van der Waals surface area contributed by atoms with Gasteiger partial charge in [0.05, 0.1) is 11.7 Å². The number of rotatable bonds is 6. The third-order valence-corrected chi connectivity index (χ3v) is 8.32. The predicted molar refractivity (Wildman–Crippen MR) is 141 cm³/mol. The fraction of sp³-hybridized carbons (Fsp3) is 0.429. The van der Waals surface area contributed by atoms with E-state index in [4.69, 9.17) is 0 Å². The van der Waals surface area contributed by atoms with Crippen molar-refractivity contribution in [3.05, 3.63) is 59.7 Å². The van der Waals surface area contributed by atoms with Gasteiger partial charge in [0.25, 0.3) is 0 Å². The summed E-state index contributed by atoms with van der Waals surface area (Å²) in [5, 5.41) is 2.93. The van der Waals surface area contributed by atoms with Crippen molar-refractivity contribution in [2.75, 3.05) is 38.0 Å². The van der Waals surface area contributed by atoms with Crippen LogP contribution in [0.15, 0.2) is 36.7 Å². The van der Waals surface area contributed by atoms with Crippen molar-refractivity contribution in [3.8, 4) is 11.3 Å². The minimum Gasteiger partial charge on any atom is -0.316 e. The van der Waals surface area contributed by atoms with Crippen molar-refractivity contribution in [3.63, 3.8) is 0 Å². The number of anilines is 2. The largest absolute Gasteiger partial charge is 0.409 e. The van der Waals surface area contributed by atoms with E-state index >= 15 is 0 Å². The van der Waals surface area contributed by atoms with Crippen molar-refractivity contribution in [2.45, 2.75) is 38.5 Å². The van der Waals surface area contributed by atoms with E-state index in [1.54, 1.807) is 12.3 Å². The second kappa shape index (κ2) is 9.41. The summed E-state index contributed by atoms with van der Waals surface area (Å²) in [5.41, 5.74) is 1.02. The van der Waals surface area contributed by atoms with Crippen LogP contribution in [-0.4, -0.2) is 73.2 Å². The zero-order chi connectivity index (χ0) is 28.5. The van der Waals surface area contributed by atoms with Gasteiger partial charge < -0.3 is 14.8 Å². The number of imidazole rings is 1. The molecular weight excluding hydrogens is 543 g/mol. The first-order valence-corrected chi connectivity index (χ1v) is 13.6. The monoisotopic (exact) mass is 570 g/mol. The highest BCUT2D eigenvalue weighted by Gasteiger charge is 2.50. The number of nitrogens with one attached hydrogen (secondary N) is 1. The van der Waals surface area contributed by atoms with Crippen LogP contribution in [0.2, 0.25) is 0 Å². The Labute approximate surface area is 232 Å². The van der Waals surface area contributed by atoms with Gasteiger partial charge >= 0.3 is 6.18 Å². The molecule has 1 aromatic carbocycles. The van der Waals surface area contributed by atoms with E-state index in [1.165, 1.54) is 19.2 Å². The fourth-order valence-corrected chi connectivity index (χ4v) is 6.50. The maximum atomic E-state index is 15.0. The predicted octanol–water partition coefficient (Wildman–Crippen LogP) is 5.10. The maximum absolute atomic E-state index is 15.0. The third-order valence-electron chi connectivity index (χ3n) is 8.32. The number of fused-ring (bicyclic) bond motifs is 3. The summed E-state index contributed by atoms with van der Waals surface area (Å²) in [5.74, 6) is -1.08. The third kappa shape index (κ3) is 4.60. The zero-order valence-electron chi connectivity index (χ0n) is 22.2. The Kier molecular flexibility index (Phi) is 6.02. The van der Waals surface area contributed by atoms with Crippen LogP contribution in [0.25, 0.3) is 22.3 Å². The smallest absolute Gasteiger partial charge is 0.316 e. The molecular formula is C28H27F5N8. The second-order valence-corrected chi connectivity index (χ2v) is 11.3. The van der Waals surface area contributed by atoms with Crippen LogP contribution in [0.3, 0.4) is 0 Å². The molecule has 41 heavy (non-hydrogen) atoms. The lowest BCUT2D eigenvalue weighted by Gasteiger charge is -2.60. The Morgan fingerprint density at radius 2 is 1.76 bits per heavy atom. The van der Waals surface area contributed by atoms with Crippen molar-refractivity contribution in [2.24, 2.45) is 5.41 Å². The Hall–Kier alpha value is -3.71. The molecule has 214 valence electrons. The first-order valence-electron chi connectivity index (χ1n) is 13.6. The van der Waals surface area contributed by atoms with E-state index in [-0.39, 0.29) is 46.9 Å². The first-order chi connectivity index (χ1) is 19.6.